The van der Waals surface area contributed by atoms with Crippen molar-refractivity contribution in [3.8, 4) is 0 Å². The Bertz CT molecular complexity index is 410. The van der Waals surface area contributed by atoms with E-state index in [2.05, 4.69) is 14.8 Å². The number of hydrogen-bond donors (Lipinski definition) is 1. The van der Waals surface area contributed by atoms with E-state index in [9.17, 15) is 5.11 Å². The molecule has 3 rings (SSSR count). The topological polar surface area (TPSA) is 39.6 Å². The van der Waals surface area contributed by atoms with Crippen LogP contribution in [0.25, 0.3) is 0 Å². The molecule has 0 saturated carbocycles. The van der Waals surface area contributed by atoms with Crippen LogP contribution in [0.4, 0.5) is 5.82 Å². The van der Waals surface area contributed by atoms with Crippen molar-refractivity contribution < 1.29 is 5.11 Å². The summed E-state index contributed by atoms with van der Waals surface area (Å²) in [4.78, 5) is 9.47. The van der Waals surface area contributed by atoms with Gasteiger partial charge in [0.15, 0.2) is 0 Å². The van der Waals surface area contributed by atoms with E-state index in [1.165, 1.54) is 32.4 Å². The number of hydrogen-bond acceptors (Lipinski definition) is 4. The van der Waals surface area contributed by atoms with E-state index >= 15 is 0 Å². The first kappa shape index (κ1) is 11.9. The number of anilines is 1. The van der Waals surface area contributed by atoms with Gasteiger partial charge < -0.3 is 10.0 Å². The molecule has 0 aromatic carbocycles. The molecule has 4 nitrogen and oxygen atoms in total. The van der Waals surface area contributed by atoms with Crippen LogP contribution in [-0.2, 0) is 6.61 Å². The predicted octanol–water partition coefficient (Wildman–Crippen LogP) is 1.25. The molecule has 2 saturated heterocycles. The predicted molar refractivity (Wildman–Crippen MR) is 71.6 cm³/mol. The van der Waals surface area contributed by atoms with E-state index in [1.807, 2.05) is 12.1 Å². The lowest BCUT2D eigenvalue weighted by atomic mass is 10.2. The summed E-state index contributed by atoms with van der Waals surface area (Å²) in [5.41, 5.74) is 0.951. The fourth-order valence-electron chi connectivity index (χ4n) is 3.15. The van der Waals surface area contributed by atoms with Gasteiger partial charge in [-0.05, 0) is 43.5 Å². The summed E-state index contributed by atoms with van der Waals surface area (Å²) in [5.74, 6) is 1.02. The van der Waals surface area contributed by atoms with Gasteiger partial charge in [0, 0.05) is 31.9 Å². The van der Waals surface area contributed by atoms with Crippen molar-refractivity contribution in [2.75, 3.05) is 31.1 Å². The Kier molecular flexibility index (Phi) is 3.48. The van der Waals surface area contributed by atoms with Gasteiger partial charge in [-0.3, -0.25) is 4.90 Å². The van der Waals surface area contributed by atoms with Crippen molar-refractivity contribution in [3.63, 3.8) is 0 Å². The average Bonchev–Trinajstić information content (AvgIpc) is 2.76. The standard InChI is InChI=1S/C14H21N3O/c18-11-12-4-5-15-14(9-12)17-8-2-7-16-6-1-3-13(16)10-17/h4-5,9,13,18H,1-3,6-8,10-11H2. The molecule has 0 radical (unpaired) electrons. The molecule has 2 aliphatic heterocycles. The SMILES string of the molecule is OCc1ccnc(N2CCCN3CCCC3C2)c1. The van der Waals surface area contributed by atoms with Crippen LogP contribution in [0.1, 0.15) is 24.8 Å². The van der Waals surface area contributed by atoms with E-state index in [0.29, 0.717) is 6.04 Å². The van der Waals surface area contributed by atoms with Crippen molar-refractivity contribution in [2.24, 2.45) is 0 Å². The van der Waals surface area contributed by atoms with E-state index in [4.69, 9.17) is 0 Å². The van der Waals surface area contributed by atoms with Crippen LogP contribution in [0.2, 0.25) is 0 Å². The molecule has 0 aliphatic carbocycles. The number of pyridine rings is 1. The molecule has 18 heavy (non-hydrogen) atoms. The van der Waals surface area contributed by atoms with Crippen LogP contribution in [0, 0.1) is 0 Å². The fourth-order valence-corrected chi connectivity index (χ4v) is 3.15. The third-order valence-electron chi connectivity index (χ3n) is 4.12. The molecule has 2 aliphatic rings. The molecular weight excluding hydrogens is 226 g/mol. The molecule has 3 heterocycles. The number of fused-ring (bicyclic) bond motifs is 1. The van der Waals surface area contributed by atoms with Crippen molar-refractivity contribution in [3.05, 3.63) is 23.9 Å². The zero-order valence-corrected chi connectivity index (χ0v) is 10.8. The molecule has 1 atom stereocenters. The third-order valence-corrected chi connectivity index (χ3v) is 4.12. The molecule has 1 N–H and O–H groups in total. The van der Waals surface area contributed by atoms with Crippen LogP contribution < -0.4 is 4.90 Å². The molecule has 0 spiro atoms. The van der Waals surface area contributed by atoms with E-state index in [0.717, 1.165) is 24.5 Å². The maximum atomic E-state index is 9.21. The number of aliphatic hydroxyl groups is 1. The second kappa shape index (κ2) is 5.24. The Morgan fingerprint density at radius 1 is 1.28 bits per heavy atom. The Hall–Kier alpha value is -1.13. The minimum atomic E-state index is 0.0961. The van der Waals surface area contributed by atoms with Crippen molar-refractivity contribution >= 4 is 5.82 Å². The van der Waals surface area contributed by atoms with Gasteiger partial charge in [0.2, 0.25) is 0 Å². The normalized spacial score (nSPS) is 24.9. The first-order valence-corrected chi connectivity index (χ1v) is 6.91. The fraction of sp³-hybridized carbons (Fsp3) is 0.643. The minimum Gasteiger partial charge on any atom is -0.392 e. The first-order chi connectivity index (χ1) is 8.86. The van der Waals surface area contributed by atoms with Gasteiger partial charge in [-0.2, -0.15) is 0 Å². The number of rotatable bonds is 2. The summed E-state index contributed by atoms with van der Waals surface area (Å²) in [6, 6.07) is 4.60. The minimum absolute atomic E-state index is 0.0961. The molecule has 4 heteroatoms. The summed E-state index contributed by atoms with van der Waals surface area (Å²) in [6.07, 6.45) is 5.67. The van der Waals surface area contributed by atoms with Crippen molar-refractivity contribution in [1.82, 2.24) is 9.88 Å². The molecular formula is C14H21N3O. The summed E-state index contributed by atoms with van der Waals surface area (Å²) < 4.78 is 0. The molecule has 1 aromatic rings. The highest BCUT2D eigenvalue weighted by atomic mass is 16.3. The summed E-state index contributed by atoms with van der Waals surface area (Å²) in [5, 5.41) is 9.21. The molecule has 1 unspecified atom stereocenters. The quantitative estimate of drug-likeness (QED) is 0.854. The van der Waals surface area contributed by atoms with Crippen LogP contribution in [0.5, 0.6) is 0 Å². The number of nitrogens with zero attached hydrogens (tertiary/aromatic N) is 3. The van der Waals surface area contributed by atoms with Gasteiger partial charge in [-0.15, -0.1) is 0 Å². The maximum Gasteiger partial charge on any atom is 0.128 e. The second-order valence-corrected chi connectivity index (χ2v) is 5.31. The third kappa shape index (κ3) is 2.35. The maximum absolute atomic E-state index is 9.21. The smallest absolute Gasteiger partial charge is 0.128 e. The largest absolute Gasteiger partial charge is 0.392 e. The highest BCUT2D eigenvalue weighted by Crippen LogP contribution is 2.24. The van der Waals surface area contributed by atoms with E-state index < -0.39 is 0 Å². The average molecular weight is 247 g/mol. The van der Waals surface area contributed by atoms with Gasteiger partial charge in [0.25, 0.3) is 0 Å². The van der Waals surface area contributed by atoms with E-state index in [-0.39, 0.29) is 6.61 Å². The van der Waals surface area contributed by atoms with Crippen LogP contribution >= 0.6 is 0 Å². The van der Waals surface area contributed by atoms with Crippen LogP contribution in [0.15, 0.2) is 18.3 Å². The highest BCUT2D eigenvalue weighted by molar-refractivity contribution is 5.41. The monoisotopic (exact) mass is 247 g/mol. The van der Waals surface area contributed by atoms with Crippen LogP contribution in [0.3, 0.4) is 0 Å². The Balaban J connectivity index is 1.78. The van der Waals surface area contributed by atoms with Crippen molar-refractivity contribution in [2.45, 2.75) is 31.9 Å². The van der Waals surface area contributed by atoms with Gasteiger partial charge in [-0.25, -0.2) is 4.98 Å². The lowest BCUT2D eigenvalue weighted by Gasteiger charge is -2.26. The molecule has 98 valence electrons. The van der Waals surface area contributed by atoms with Crippen molar-refractivity contribution in [1.29, 1.82) is 0 Å². The summed E-state index contributed by atoms with van der Waals surface area (Å²) in [6.45, 7) is 4.75. The van der Waals surface area contributed by atoms with E-state index in [1.54, 1.807) is 6.20 Å². The lowest BCUT2D eigenvalue weighted by Crippen LogP contribution is -2.36. The zero-order chi connectivity index (χ0) is 12.4. The highest BCUT2D eigenvalue weighted by Gasteiger charge is 2.29. The Morgan fingerprint density at radius 3 is 3.06 bits per heavy atom. The van der Waals surface area contributed by atoms with Crippen LogP contribution in [-0.4, -0.2) is 47.2 Å². The van der Waals surface area contributed by atoms with Gasteiger partial charge in [-0.1, -0.05) is 0 Å². The lowest BCUT2D eigenvalue weighted by molar-refractivity contribution is 0.273. The number of aromatic nitrogens is 1. The second-order valence-electron chi connectivity index (χ2n) is 5.31. The first-order valence-electron chi connectivity index (χ1n) is 6.91. The molecule has 0 amide bonds. The molecule has 2 fully saturated rings. The zero-order valence-electron chi connectivity index (χ0n) is 10.8. The summed E-state index contributed by atoms with van der Waals surface area (Å²) >= 11 is 0. The molecule has 0 bridgehead atoms. The number of aliphatic hydroxyl groups excluding tert-OH is 1. The van der Waals surface area contributed by atoms with Gasteiger partial charge in [0.1, 0.15) is 5.82 Å². The molecule has 1 aromatic heterocycles. The Morgan fingerprint density at radius 2 is 2.17 bits per heavy atom. The van der Waals surface area contributed by atoms with Gasteiger partial charge >= 0.3 is 0 Å². The van der Waals surface area contributed by atoms with Gasteiger partial charge in [0.05, 0.1) is 6.61 Å². The Labute approximate surface area is 108 Å². The summed E-state index contributed by atoms with van der Waals surface area (Å²) in [7, 11) is 0.